The van der Waals surface area contributed by atoms with Gasteiger partial charge >= 0.3 is 0 Å². The Morgan fingerprint density at radius 1 is 0.367 bits per heavy atom. The summed E-state index contributed by atoms with van der Waals surface area (Å²) in [5.41, 5.74) is 10.9. The quantitative estimate of drug-likeness (QED) is 0.190. The first-order valence-electron chi connectivity index (χ1n) is 16.6. The van der Waals surface area contributed by atoms with E-state index in [0.29, 0.717) is 0 Å². The number of hydrogen-bond acceptors (Lipinski definition) is 3. The molecule has 8 aromatic carbocycles. The van der Waals surface area contributed by atoms with Crippen molar-refractivity contribution in [2.75, 3.05) is 4.90 Å². The van der Waals surface area contributed by atoms with Gasteiger partial charge in [0.1, 0.15) is 11.2 Å². The summed E-state index contributed by atoms with van der Waals surface area (Å²) < 4.78 is 13.4. The summed E-state index contributed by atoms with van der Waals surface area (Å²) in [6.45, 7) is 0. The van der Waals surface area contributed by atoms with Crippen molar-refractivity contribution in [3.05, 3.63) is 176 Å². The standard InChI is InChI=1S/C46H29NO2/c1-2-12-32(13-3-1)36-27-28-41(46-44(36)39-16-7-9-20-43(39)49-46)47(40-18-10-17-38-37-15-6-8-19-42(37)48-45(38)40)35-25-23-31(24-26-35)34-22-21-30-11-4-5-14-33(30)29-34/h1-29H. The van der Waals surface area contributed by atoms with Crippen LogP contribution in [0.25, 0.3) is 76.9 Å². The number of para-hydroxylation sites is 3. The normalized spacial score (nSPS) is 11.7. The molecule has 0 radical (unpaired) electrons. The zero-order chi connectivity index (χ0) is 32.3. The fraction of sp³-hybridized carbons (Fsp3) is 0. The van der Waals surface area contributed by atoms with E-state index in [1.807, 2.05) is 18.2 Å². The summed E-state index contributed by atoms with van der Waals surface area (Å²) in [6, 6.07) is 61.9. The SMILES string of the molecule is c1ccc(-c2ccc(N(c3ccc(-c4ccc5ccccc5c4)cc3)c3cccc4c3oc3ccccc34)c3oc4ccccc4c23)cc1. The van der Waals surface area contributed by atoms with Gasteiger partial charge in [0.2, 0.25) is 0 Å². The number of furan rings is 2. The van der Waals surface area contributed by atoms with Crippen molar-refractivity contribution in [3.8, 4) is 22.3 Å². The third kappa shape index (κ3) is 4.44. The van der Waals surface area contributed by atoms with E-state index < -0.39 is 0 Å². The Kier molecular flexibility index (Phi) is 6.18. The largest absolute Gasteiger partial charge is 0.454 e. The van der Waals surface area contributed by atoms with Gasteiger partial charge in [-0.15, -0.1) is 0 Å². The second-order valence-corrected chi connectivity index (χ2v) is 12.5. The van der Waals surface area contributed by atoms with E-state index in [-0.39, 0.29) is 0 Å². The van der Waals surface area contributed by atoms with Crippen LogP contribution in [-0.4, -0.2) is 0 Å². The third-order valence-corrected chi connectivity index (χ3v) is 9.66. The number of anilines is 3. The number of fused-ring (bicyclic) bond motifs is 7. The molecule has 0 spiro atoms. The molecule has 0 fully saturated rings. The highest BCUT2D eigenvalue weighted by atomic mass is 16.3. The van der Waals surface area contributed by atoms with Gasteiger partial charge in [-0.2, -0.15) is 0 Å². The highest BCUT2D eigenvalue weighted by molar-refractivity contribution is 6.18. The molecule has 0 aliphatic rings. The monoisotopic (exact) mass is 627 g/mol. The zero-order valence-electron chi connectivity index (χ0n) is 26.5. The van der Waals surface area contributed by atoms with Crippen molar-refractivity contribution in [2.45, 2.75) is 0 Å². The van der Waals surface area contributed by atoms with Crippen molar-refractivity contribution >= 4 is 71.7 Å². The van der Waals surface area contributed by atoms with Crippen LogP contribution in [0.3, 0.4) is 0 Å². The molecule has 2 heterocycles. The molecule has 2 aromatic heterocycles. The van der Waals surface area contributed by atoms with E-state index >= 15 is 0 Å². The molecule has 230 valence electrons. The molecule has 0 bridgehead atoms. The van der Waals surface area contributed by atoms with Gasteiger partial charge in [-0.3, -0.25) is 0 Å². The van der Waals surface area contributed by atoms with Gasteiger partial charge in [0.15, 0.2) is 11.2 Å². The van der Waals surface area contributed by atoms with Crippen LogP contribution in [0.1, 0.15) is 0 Å². The van der Waals surface area contributed by atoms with Crippen LogP contribution >= 0.6 is 0 Å². The van der Waals surface area contributed by atoms with Gasteiger partial charge in [0, 0.05) is 27.2 Å². The Labute approximate surface area is 282 Å². The molecule has 3 heteroatoms. The number of hydrogen-bond donors (Lipinski definition) is 0. The van der Waals surface area contributed by atoms with Crippen LogP contribution in [-0.2, 0) is 0 Å². The molecule has 10 rings (SSSR count). The van der Waals surface area contributed by atoms with E-state index in [4.69, 9.17) is 8.83 Å². The summed E-state index contributed by atoms with van der Waals surface area (Å²) in [7, 11) is 0. The van der Waals surface area contributed by atoms with E-state index in [0.717, 1.165) is 77.6 Å². The number of benzene rings is 8. The fourth-order valence-electron chi connectivity index (χ4n) is 7.34. The minimum absolute atomic E-state index is 0.828. The van der Waals surface area contributed by atoms with Crippen molar-refractivity contribution in [3.63, 3.8) is 0 Å². The lowest BCUT2D eigenvalue weighted by molar-refractivity contribution is 0.666. The first-order chi connectivity index (χ1) is 24.3. The smallest absolute Gasteiger partial charge is 0.160 e. The zero-order valence-corrected chi connectivity index (χ0v) is 26.5. The highest BCUT2D eigenvalue weighted by Crippen LogP contribution is 2.48. The molecule has 49 heavy (non-hydrogen) atoms. The first-order valence-corrected chi connectivity index (χ1v) is 16.6. The van der Waals surface area contributed by atoms with Crippen LogP contribution in [0.2, 0.25) is 0 Å². The van der Waals surface area contributed by atoms with E-state index in [9.17, 15) is 0 Å². The van der Waals surface area contributed by atoms with E-state index in [1.54, 1.807) is 0 Å². The van der Waals surface area contributed by atoms with Gasteiger partial charge < -0.3 is 13.7 Å². The maximum absolute atomic E-state index is 6.80. The van der Waals surface area contributed by atoms with Gasteiger partial charge in [-0.25, -0.2) is 0 Å². The fourth-order valence-corrected chi connectivity index (χ4v) is 7.34. The molecule has 0 saturated heterocycles. The second kappa shape index (κ2) is 11.0. The molecule has 10 aromatic rings. The lowest BCUT2D eigenvalue weighted by atomic mass is 9.98. The molecule has 0 saturated carbocycles. The summed E-state index contributed by atoms with van der Waals surface area (Å²) in [5.74, 6) is 0. The van der Waals surface area contributed by atoms with Crippen LogP contribution < -0.4 is 4.90 Å². The molecule has 0 unspecified atom stereocenters. The second-order valence-electron chi connectivity index (χ2n) is 12.5. The van der Waals surface area contributed by atoms with Crippen LogP contribution in [0.5, 0.6) is 0 Å². The van der Waals surface area contributed by atoms with Gasteiger partial charge in [-0.1, -0.05) is 133 Å². The molecule has 0 aliphatic carbocycles. The number of nitrogens with zero attached hydrogens (tertiary/aromatic N) is 1. The van der Waals surface area contributed by atoms with Crippen molar-refractivity contribution in [2.24, 2.45) is 0 Å². The summed E-state index contributed by atoms with van der Waals surface area (Å²) in [4.78, 5) is 2.29. The first kappa shape index (κ1) is 27.5. The van der Waals surface area contributed by atoms with E-state index in [2.05, 4.69) is 163 Å². The molecule has 0 atom stereocenters. The lowest BCUT2D eigenvalue weighted by Crippen LogP contribution is -2.10. The molecular weight excluding hydrogens is 599 g/mol. The third-order valence-electron chi connectivity index (χ3n) is 9.66. The average molecular weight is 628 g/mol. The Hall–Kier alpha value is -6.58. The van der Waals surface area contributed by atoms with Crippen LogP contribution in [0.15, 0.2) is 185 Å². The average Bonchev–Trinajstić information content (AvgIpc) is 3.75. The molecule has 3 nitrogen and oxygen atoms in total. The topological polar surface area (TPSA) is 29.5 Å². The Balaban J connectivity index is 1.23. The Morgan fingerprint density at radius 2 is 1.00 bits per heavy atom. The Bertz CT molecular complexity index is 2830. The van der Waals surface area contributed by atoms with Crippen molar-refractivity contribution in [1.82, 2.24) is 0 Å². The number of rotatable bonds is 5. The van der Waals surface area contributed by atoms with Crippen LogP contribution in [0, 0.1) is 0 Å². The predicted octanol–water partition coefficient (Wildman–Crippen LogP) is 13.4. The van der Waals surface area contributed by atoms with Crippen molar-refractivity contribution in [1.29, 1.82) is 0 Å². The minimum Gasteiger partial charge on any atom is -0.454 e. The summed E-state index contributed by atoms with van der Waals surface area (Å²) in [5, 5.41) is 6.82. The highest BCUT2D eigenvalue weighted by Gasteiger charge is 2.25. The van der Waals surface area contributed by atoms with E-state index in [1.165, 1.54) is 16.3 Å². The molecule has 0 amide bonds. The molecule has 0 N–H and O–H groups in total. The van der Waals surface area contributed by atoms with Gasteiger partial charge in [-0.05, 0) is 75.5 Å². The summed E-state index contributed by atoms with van der Waals surface area (Å²) >= 11 is 0. The van der Waals surface area contributed by atoms with Crippen LogP contribution in [0.4, 0.5) is 17.1 Å². The summed E-state index contributed by atoms with van der Waals surface area (Å²) in [6.07, 6.45) is 0. The lowest BCUT2D eigenvalue weighted by Gasteiger charge is -2.26. The Morgan fingerprint density at radius 3 is 1.84 bits per heavy atom. The maximum atomic E-state index is 6.80. The molecular formula is C46H29NO2. The predicted molar refractivity (Wildman–Crippen MR) is 204 cm³/mol. The maximum Gasteiger partial charge on any atom is 0.160 e. The van der Waals surface area contributed by atoms with Crippen molar-refractivity contribution < 1.29 is 8.83 Å². The van der Waals surface area contributed by atoms with Gasteiger partial charge in [0.05, 0.1) is 11.4 Å². The minimum atomic E-state index is 0.828. The molecule has 0 aliphatic heterocycles. The van der Waals surface area contributed by atoms with Gasteiger partial charge in [0.25, 0.3) is 0 Å².